The Morgan fingerprint density at radius 3 is 2.08 bits per heavy atom. The largest absolute Gasteiger partial charge is 0.496 e. The number of aliphatic hydroxyl groups is 3. The topological polar surface area (TPSA) is 105 Å². The number of thioether (sulfide) groups is 1. The number of rotatable bonds is 8. The van der Waals surface area contributed by atoms with Gasteiger partial charge in [-0.2, -0.15) is 8.78 Å². The predicted molar refractivity (Wildman–Crippen MR) is 82.2 cm³/mol. The van der Waals surface area contributed by atoms with Gasteiger partial charge in [-0.1, -0.05) is 0 Å². The number of hydrogen-bond acceptors (Lipinski definition) is 7. The molecule has 0 aliphatic carbocycles. The zero-order valence-corrected chi connectivity index (χ0v) is 14.0. The van der Waals surface area contributed by atoms with Crippen LogP contribution < -0.4 is 15.2 Å². The van der Waals surface area contributed by atoms with E-state index in [1.54, 1.807) is 0 Å². The Hall–Kier alpha value is -1.21. The lowest BCUT2D eigenvalue weighted by Gasteiger charge is -2.35. The van der Waals surface area contributed by atoms with Crippen molar-refractivity contribution in [1.29, 1.82) is 0 Å². The SMILES string of the molecule is [B]C(O)(c1cc(OC)c(SCC(F)(F)C(F)F)cc1OC)C(N)(O)O. The fraction of sp³-hybridized carbons (Fsp3) is 0.538. The van der Waals surface area contributed by atoms with Crippen LogP contribution in [0, 0.1) is 0 Å². The van der Waals surface area contributed by atoms with E-state index in [1.165, 1.54) is 0 Å². The summed E-state index contributed by atoms with van der Waals surface area (Å²) in [5.74, 6) is -9.18. The minimum atomic E-state index is -4.24. The Bertz CT molecular complexity index is 613. The third kappa shape index (κ3) is 4.70. The van der Waals surface area contributed by atoms with Crippen LogP contribution in [-0.4, -0.2) is 61.4 Å². The van der Waals surface area contributed by atoms with Crippen LogP contribution in [0.4, 0.5) is 17.6 Å². The second-order valence-electron chi connectivity index (χ2n) is 5.05. The summed E-state index contributed by atoms with van der Waals surface area (Å²) >= 11 is 0.350. The van der Waals surface area contributed by atoms with Crippen molar-refractivity contribution >= 4 is 19.6 Å². The molecule has 1 rings (SSSR count). The van der Waals surface area contributed by atoms with Gasteiger partial charge < -0.3 is 24.8 Å². The van der Waals surface area contributed by atoms with E-state index in [4.69, 9.17) is 23.1 Å². The molecule has 0 aliphatic rings. The summed E-state index contributed by atoms with van der Waals surface area (Å²) < 4.78 is 60.6. The molecule has 0 fully saturated rings. The Morgan fingerprint density at radius 2 is 1.68 bits per heavy atom. The Kier molecular flexibility index (Phi) is 6.62. The molecule has 25 heavy (non-hydrogen) atoms. The lowest BCUT2D eigenvalue weighted by atomic mass is 9.72. The van der Waals surface area contributed by atoms with Crippen LogP contribution in [0.2, 0.25) is 0 Å². The standard InChI is InChI=1S/C13H16BF4NO5S/c1-23-7-4-9(25-5-11(17,18)10(15)16)8(24-2)3-6(7)12(14,20)13(19,21)22/h3-4,10,20-22H,5,19H2,1-2H3. The van der Waals surface area contributed by atoms with Gasteiger partial charge >= 0.3 is 12.3 Å². The lowest BCUT2D eigenvalue weighted by molar-refractivity contribution is -0.244. The Balaban J connectivity index is 3.32. The molecule has 6 nitrogen and oxygen atoms in total. The highest BCUT2D eigenvalue weighted by Gasteiger charge is 2.45. The molecule has 1 aromatic rings. The van der Waals surface area contributed by atoms with Crippen LogP contribution in [-0.2, 0) is 5.50 Å². The number of nitrogens with two attached hydrogens (primary N) is 1. The van der Waals surface area contributed by atoms with Crippen molar-refractivity contribution in [2.45, 2.75) is 28.7 Å². The second kappa shape index (κ2) is 7.58. The summed E-state index contributed by atoms with van der Waals surface area (Å²) in [7, 11) is 7.68. The van der Waals surface area contributed by atoms with Gasteiger partial charge in [-0.3, -0.25) is 5.73 Å². The maximum Gasteiger partial charge on any atom is 0.316 e. The third-order valence-corrected chi connectivity index (χ3v) is 4.36. The van der Waals surface area contributed by atoms with Crippen LogP contribution in [0.5, 0.6) is 11.5 Å². The smallest absolute Gasteiger partial charge is 0.316 e. The van der Waals surface area contributed by atoms with Gasteiger partial charge in [0.25, 0.3) is 0 Å². The summed E-state index contributed by atoms with van der Waals surface area (Å²) in [6, 6.07) is 2.03. The summed E-state index contributed by atoms with van der Waals surface area (Å²) in [4.78, 5) is -0.0299. The van der Waals surface area contributed by atoms with E-state index < -0.39 is 35.1 Å². The predicted octanol–water partition coefficient (Wildman–Crippen LogP) is 0.607. The molecule has 1 unspecified atom stereocenters. The van der Waals surface area contributed by atoms with Crippen molar-refractivity contribution in [3.8, 4) is 11.5 Å². The normalized spacial score (nSPS) is 15.2. The number of hydrogen-bond donors (Lipinski definition) is 4. The van der Waals surface area contributed by atoms with Gasteiger partial charge in [-0.25, -0.2) is 8.78 Å². The van der Waals surface area contributed by atoms with E-state index in [0.29, 0.717) is 11.8 Å². The van der Waals surface area contributed by atoms with Crippen molar-refractivity contribution in [3.05, 3.63) is 17.7 Å². The van der Waals surface area contributed by atoms with Crippen molar-refractivity contribution in [2.75, 3.05) is 20.0 Å². The molecule has 2 radical (unpaired) electrons. The first-order chi connectivity index (χ1) is 11.3. The highest BCUT2D eigenvalue weighted by molar-refractivity contribution is 7.99. The average molecular weight is 385 g/mol. The van der Waals surface area contributed by atoms with Gasteiger partial charge in [0.15, 0.2) is 0 Å². The van der Waals surface area contributed by atoms with E-state index in [9.17, 15) is 32.9 Å². The number of ether oxygens (including phenoxy) is 2. The molecule has 0 spiro atoms. The first-order valence-corrected chi connectivity index (χ1v) is 7.56. The molecular weight excluding hydrogens is 369 g/mol. The molecule has 0 saturated heterocycles. The molecule has 5 N–H and O–H groups in total. The van der Waals surface area contributed by atoms with Gasteiger partial charge in [-0.05, 0) is 12.1 Å². The zero-order chi connectivity index (χ0) is 19.6. The molecule has 1 aromatic carbocycles. The molecule has 0 bridgehead atoms. The fourth-order valence-electron chi connectivity index (χ4n) is 1.72. The van der Waals surface area contributed by atoms with Crippen molar-refractivity contribution in [3.63, 3.8) is 0 Å². The van der Waals surface area contributed by atoms with E-state index in [-0.39, 0.29) is 16.4 Å². The zero-order valence-electron chi connectivity index (χ0n) is 13.2. The molecule has 0 heterocycles. The Morgan fingerprint density at radius 1 is 1.16 bits per heavy atom. The van der Waals surface area contributed by atoms with E-state index in [2.05, 4.69) is 0 Å². The minimum Gasteiger partial charge on any atom is -0.496 e. The maximum atomic E-state index is 13.1. The molecular formula is C13H16BF4NO5S. The summed E-state index contributed by atoms with van der Waals surface area (Å²) in [5.41, 5.74) is 1.66. The van der Waals surface area contributed by atoms with Gasteiger partial charge in [0.2, 0.25) is 5.91 Å². The highest BCUT2D eigenvalue weighted by Crippen LogP contribution is 2.42. The molecule has 0 aromatic heterocycles. The summed E-state index contributed by atoms with van der Waals surface area (Å²) in [6.07, 6.45) is -3.84. The second-order valence-corrected chi connectivity index (χ2v) is 6.06. The fourth-order valence-corrected chi connectivity index (χ4v) is 2.66. The van der Waals surface area contributed by atoms with Gasteiger partial charge in [0.05, 0.1) is 24.9 Å². The van der Waals surface area contributed by atoms with Crippen molar-refractivity contribution in [2.24, 2.45) is 5.73 Å². The highest BCUT2D eigenvalue weighted by atomic mass is 32.2. The van der Waals surface area contributed by atoms with E-state index in [0.717, 1.165) is 26.4 Å². The Labute approximate surface area is 146 Å². The molecule has 0 amide bonds. The average Bonchev–Trinajstić information content (AvgIpc) is 2.50. The molecule has 12 heteroatoms. The molecule has 1 atom stereocenters. The molecule has 140 valence electrons. The number of benzene rings is 1. The number of halogens is 4. The maximum absolute atomic E-state index is 13.1. The molecule has 0 saturated carbocycles. The van der Waals surface area contributed by atoms with Crippen LogP contribution in [0.15, 0.2) is 17.0 Å². The van der Waals surface area contributed by atoms with E-state index in [1.807, 2.05) is 0 Å². The first kappa shape index (κ1) is 21.8. The van der Waals surface area contributed by atoms with Crippen molar-refractivity contribution < 1.29 is 42.4 Å². The summed E-state index contributed by atoms with van der Waals surface area (Å²) in [5, 5.41) is 28.9. The quantitative estimate of drug-likeness (QED) is 0.225. The third-order valence-electron chi connectivity index (χ3n) is 3.20. The first-order valence-electron chi connectivity index (χ1n) is 6.58. The van der Waals surface area contributed by atoms with Crippen molar-refractivity contribution in [1.82, 2.24) is 0 Å². The lowest BCUT2D eigenvalue weighted by Crippen LogP contribution is -2.59. The summed E-state index contributed by atoms with van der Waals surface area (Å²) in [6.45, 7) is 0. The van der Waals surface area contributed by atoms with Crippen LogP contribution in [0.3, 0.4) is 0 Å². The van der Waals surface area contributed by atoms with Crippen LogP contribution in [0.25, 0.3) is 0 Å². The monoisotopic (exact) mass is 385 g/mol. The molecule has 0 aliphatic heterocycles. The van der Waals surface area contributed by atoms with Crippen LogP contribution >= 0.6 is 11.8 Å². The minimum absolute atomic E-state index is 0.0299. The van der Waals surface area contributed by atoms with Gasteiger partial charge in [0, 0.05) is 5.56 Å². The van der Waals surface area contributed by atoms with Crippen LogP contribution in [0.1, 0.15) is 5.56 Å². The number of alkyl halides is 4. The van der Waals surface area contributed by atoms with Gasteiger partial charge in [-0.15, -0.1) is 11.8 Å². The van der Waals surface area contributed by atoms with E-state index >= 15 is 0 Å². The van der Waals surface area contributed by atoms with Gasteiger partial charge in [0.1, 0.15) is 24.8 Å². The number of methoxy groups -OCH3 is 2.